The van der Waals surface area contributed by atoms with Crippen molar-refractivity contribution < 1.29 is 13.6 Å². The fourth-order valence-electron chi connectivity index (χ4n) is 5.02. The summed E-state index contributed by atoms with van der Waals surface area (Å²) in [7, 11) is 0. The lowest BCUT2D eigenvalue weighted by molar-refractivity contribution is -0.198. The van der Waals surface area contributed by atoms with E-state index in [1.54, 1.807) is 11.5 Å². The largest absolute Gasteiger partial charge is 0.347 e. The van der Waals surface area contributed by atoms with Crippen LogP contribution in [-0.4, -0.2) is 20.1 Å². The number of hydrogen-bond acceptors (Lipinski definition) is 3. The van der Waals surface area contributed by atoms with E-state index in [9.17, 15) is 18.4 Å². The van der Waals surface area contributed by atoms with Crippen molar-refractivity contribution in [3.63, 3.8) is 0 Å². The molecule has 1 aliphatic heterocycles. The molecule has 0 N–H and O–H groups in total. The molecule has 1 atom stereocenters. The number of ketones is 1. The predicted molar refractivity (Wildman–Crippen MR) is 84.2 cm³/mol. The van der Waals surface area contributed by atoms with Gasteiger partial charge in [0, 0.05) is 17.9 Å². The fraction of sp³-hybridized carbons (Fsp3) is 0.500. The summed E-state index contributed by atoms with van der Waals surface area (Å²) in [5, 5.41) is 4.50. The minimum atomic E-state index is -0.647. The van der Waals surface area contributed by atoms with Crippen LogP contribution in [0.4, 0.5) is 8.78 Å². The maximum absolute atomic E-state index is 13.6. The molecule has 5 nitrogen and oxygen atoms in total. The standard InChI is InChI=1S/C18H17F2N3O2/c1-10(24)17-7-18(8-17,9-17)23-16(25)22-14(2-3-15(22)21-23)11-4-12(19)6-13(20)5-11/h4-6,14H,2-3,7-9H2,1H3/t14-,17?,18?/m0/s1. The van der Waals surface area contributed by atoms with Crippen molar-refractivity contribution in [1.82, 2.24) is 14.3 Å². The molecule has 4 aliphatic rings. The van der Waals surface area contributed by atoms with Gasteiger partial charge >= 0.3 is 5.69 Å². The Morgan fingerprint density at radius 1 is 1.20 bits per heavy atom. The first-order chi connectivity index (χ1) is 11.8. The average molecular weight is 345 g/mol. The second kappa shape index (κ2) is 4.45. The normalized spacial score (nSPS) is 32.0. The van der Waals surface area contributed by atoms with Crippen molar-refractivity contribution in [3.8, 4) is 0 Å². The van der Waals surface area contributed by atoms with Gasteiger partial charge in [0.25, 0.3) is 0 Å². The summed E-state index contributed by atoms with van der Waals surface area (Å²) >= 11 is 0. The summed E-state index contributed by atoms with van der Waals surface area (Å²) in [5.74, 6) is -0.456. The second-order valence-corrected chi connectivity index (χ2v) is 7.83. The van der Waals surface area contributed by atoms with E-state index < -0.39 is 17.7 Å². The van der Waals surface area contributed by atoms with Crippen molar-refractivity contribution in [3.05, 3.63) is 51.7 Å². The number of nitrogens with zero attached hydrogens (tertiary/aromatic N) is 3. The molecule has 7 heteroatoms. The number of hydrogen-bond donors (Lipinski definition) is 0. The zero-order chi connectivity index (χ0) is 17.6. The van der Waals surface area contributed by atoms with Crippen LogP contribution < -0.4 is 5.69 Å². The summed E-state index contributed by atoms with van der Waals surface area (Å²) in [6.07, 6.45) is 3.21. The first kappa shape index (κ1) is 15.0. The summed E-state index contributed by atoms with van der Waals surface area (Å²) in [4.78, 5) is 24.6. The number of fused-ring (bicyclic) bond motifs is 1. The molecule has 3 saturated carbocycles. The molecule has 0 amide bonds. The third kappa shape index (κ3) is 1.78. The Balaban J connectivity index is 1.53. The molecule has 2 heterocycles. The Bertz CT molecular complexity index is 951. The van der Waals surface area contributed by atoms with Gasteiger partial charge in [-0.25, -0.2) is 18.3 Å². The molecular formula is C18H17F2N3O2. The Labute approximate surface area is 142 Å². The average Bonchev–Trinajstić information content (AvgIpc) is 2.96. The van der Waals surface area contributed by atoms with Gasteiger partial charge in [0.2, 0.25) is 0 Å². The van der Waals surface area contributed by atoms with Crippen LogP contribution in [0, 0.1) is 17.0 Å². The van der Waals surface area contributed by atoms with Crippen LogP contribution in [0.3, 0.4) is 0 Å². The van der Waals surface area contributed by atoms with Gasteiger partial charge in [0.15, 0.2) is 0 Å². The predicted octanol–water partition coefficient (Wildman–Crippen LogP) is 2.33. The van der Waals surface area contributed by atoms with E-state index in [1.165, 1.54) is 16.8 Å². The lowest BCUT2D eigenvalue weighted by Gasteiger charge is -2.68. The second-order valence-electron chi connectivity index (χ2n) is 7.83. The topological polar surface area (TPSA) is 56.9 Å². The highest BCUT2D eigenvalue weighted by molar-refractivity contribution is 5.86. The van der Waals surface area contributed by atoms with Crippen molar-refractivity contribution in [2.45, 2.75) is 50.6 Å². The zero-order valence-corrected chi connectivity index (χ0v) is 13.8. The third-order valence-corrected chi connectivity index (χ3v) is 6.30. The van der Waals surface area contributed by atoms with Gasteiger partial charge in [-0.2, -0.15) is 5.10 Å². The van der Waals surface area contributed by atoms with E-state index >= 15 is 0 Å². The van der Waals surface area contributed by atoms with Crippen LogP contribution in [0.1, 0.15) is 50.0 Å². The molecule has 2 bridgehead atoms. The van der Waals surface area contributed by atoms with Crippen LogP contribution >= 0.6 is 0 Å². The van der Waals surface area contributed by atoms with Crippen LogP contribution in [0.15, 0.2) is 23.0 Å². The summed E-state index contributed by atoms with van der Waals surface area (Å²) < 4.78 is 30.2. The molecule has 0 spiro atoms. The van der Waals surface area contributed by atoms with Crippen LogP contribution in [0.2, 0.25) is 0 Å². The van der Waals surface area contributed by atoms with Gasteiger partial charge in [0.1, 0.15) is 23.2 Å². The number of rotatable bonds is 3. The first-order valence-corrected chi connectivity index (χ1v) is 8.52. The Morgan fingerprint density at radius 2 is 1.84 bits per heavy atom. The minimum absolute atomic E-state index is 0.183. The van der Waals surface area contributed by atoms with Gasteiger partial charge in [-0.3, -0.25) is 9.36 Å². The van der Waals surface area contributed by atoms with E-state index in [-0.39, 0.29) is 22.4 Å². The first-order valence-electron chi connectivity index (χ1n) is 8.52. The van der Waals surface area contributed by atoms with Crippen molar-refractivity contribution in [2.75, 3.05) is 0 Å². The van der Waals surface area contributed by atoms with Gasteiger partial charge in [-0.15, -0.1) is 0 Å². The molecule has 2 aromatic rings. The van der Waals surface area contributed by atoms with E-state index in [0.717, 1.165) is 6.07 Å². The Kier molecular flexibility index (Phi) is 2.67. The molecule has 25 heavy (non-hydrogen) atoms. The summed E-state index contributed by atoms with van der Waals surface area (Å²) in [6.45, 7) is 1.60. The molecule has 0 unspecified atom stereocenters. The molecule has 0 saturated heterocycles. The maximum atomic E-state index is 13.6. The van der Waals surface area contributed by atoms with Crippen molar-refractivity contribution in [2.24, 2.45) is 5.41 Å². The molecule has 3 aliphatic carbocycles. The summed E-state index contributed by atoms with van der Waals surface area (Å²) in [6, 6.07) is 2.99. The summed E-state index contributed by atoms with van der Waals surface area (Å²) in [5.41, 5.74) is -0.370. The number of carbonyl (C=O) groups excluding carboxylic acids is 1. The van der Waals surface area contributed by atoms with E-state index in [1.807, 2.05) is 0 Å². The third-order valence-electron chi connectivity index (χ3n) is 6.30. The van der Waals surface area contributed by atoms with Crippen molar-refractivity contribution >= 4 is 5.78 Å². The number of halogens is 2. The van der Waals surface area contributed by atoms with E-state index in [0.29, 0.717) is 43.5 Å². The minimum Gasteiger partial charge on any atom is -0.299 e. The van der Waals surface area contributed by atoms with Crippen LogP contribution in [0.25, 0.3) is 0 Å². The highest BCUT2D eigenvalue weighted by Gasteiger charge is 2.72. The maximum Gasteiger partial charge on any atom is 0.347 e. The number of benzene rings is 1. The number of aryl methyl sites for hydroxylation is 1. The quantitative estimate of drug-likeness (QED) is 0.858. The van der Waals surface area contributed by atoms with E-state index in [4.69, 9.17) is 0 Å². The molecule has 0 radical (unpaired) electrons. The SMILES string of the molecule is CC(=O)C12CC(n3nc4n(c3=O)[C@H](c3cc(F)cc(F)c3)CC4)(C1)C2. The monoisotopic (exact) mass is 345 g/mol. The Hall–Kier alpha value is -2.31. The number of Topliss-reactive ketones (excluding diaryl/α,β-unsaturated/α-hetero) is 1. The molecule has 1 aromatic carbocycles. The van der Waals surface area contributed by atoms with Gasteiger partial charge in [-0.05, 0) is 50.3 Å². The molecule has 3 fully saturated rings. The van der Waals surface area contributed by atoms with Gasteiger partial charge in [0.05, 0.1) is 11.6 Å². The van der Waals surface area contributed by atoms with Gasteiger partial charge in [-0.1, -0.05) is 0 Å². The molecule has 130 valence electrons. The highest BCUT2D eigenvalue weighted by Crippen LogP contribution is 2.71. The zero-order valence-electron chi connectivity index (χ0n) is 13.8. The number of aromatic nitrogens is 3. The molecule has 1 aromatic heterocycles. The van der Waals surface area contributed by atoms with Crippen molar-refractivity contribution in [1.29, 1.82) is 0 Å². The van der Waals surface area contributed by atoms with Gasteiger partial charge < -0.3 is 0 Å². The number of carbonyl (C=O) groups is 1. The highest BCUT2D eigenvalue weighted by atomic mass is 19.1. The fourth-order valence-corrected chi connectivity index (χ4v) is 5.02. The molecule has 6 rings (SSSR count). The lowest BCUT2D eigenvalue weighted by atomic mass is 9.38. The van der Waals surface area contributed by atoms with Crippen LogP contribution in [-0.2, 0) is 16.8 Å². The molecular weight excluding hydrogens is 328 g/mol. The Morgan fingerprint density at radius 3 is 2.44 bits per heavy atom. The lowest BCUT2D eigenvalue weighted by Crippen LogP contribution is -2.72. The smallest absolute Gasteiger partial charge is 0.299 e. The van der Waals surface area contributed by atoms with Crippen LogP contribution in [0.5, 0.6) is 0 Å². The van der Waals surface area contributed by atoms with E-state index in [2.05, 4.69) is 5.10 Å².